The maximum atomic E-state index is 5.38. The van der Waals surface area contributed by atoms with Crippen LogP contribution >= 0.6 is 11.8 Å². The van der Waals surface area contributed by atoms with E-state index in [0.29, 0.717) is 13.2 Å². The summed E-state index contributed by atoms with van der Waals surface area (Å²) < 4.78 is 10.3. The summed E-state index contributed by atoms with van der Waals surface area (Å²) in [5.74, 6) is 0. The van der Waals surface area contributed by atoms with Crippen molar-refractivity contribution in [1.82, 2.24) is 0 Å². The molecule has 0 aliphatic heterocycles. The maximum Gasteiger partial charge on any atom is 0.0700 e. The molecule has 4 heteroatoms. The van der Waals surface area contributed by atoms with Crippen LogP contribution in [0.3, 0.4) is 0 Å². The van der Waals surface area contributed by atoms with E-state index in [1.807, 2.05) is 0 Å². The number of ether oxygens (including phenoxy) is 2. The van der Waals surface area contributed by atoms with Crippen LogP contribution in [0, 0.1) is 0 Å². The molecule has 0 aliphatic carbocycles. The van der Waals surface area contributed by atoms with E-state index in [1.165, 1.54) is 10.6 Å². The van der Waals surface area contributed by atoms with Gasteiger partial charge < -0.3 is 14.8 Å². The molecule has 0 radical (unpaired) electrons. The Bertz CT molecular complexity index is 290. The zero-order valence-electron chi connectivity index (χ0n) is 10.6. The summed E-state index contributed by atoms with van der Waals surface area (Å²) in [7, 11) is 1.68. The van der Waals surface area contributed by atoms with E-state index >= 15 is 0 Å². The first-order valence-corrected chi connectivity index (χ1v) is 7.04. The number of benzene rings is 1. The molecule has 17 heavy (non-hydrogen) atoms. The van der Waals surface area contributed by atoms with Gasteiger partial charge in [-0.2, -0.15) is 0 Å². The lowest BCUT2D eigenvalue weighted by molar-refractivity contribution is 0.0705. The van der Waals surface area contributed by atoms with Gasteiger partial charge in [-0.1, -0.05) is 0 Å². The number of nitrogens with one attached hydrogen (secondary N) is 1. The largest absolute Gasteiger partial charge is 0.385 e. The maximum absolute atomic E-state index is 5.38. The molecule has 0 atom stereocenters. The van der Waals surface area contributed by atoms with Crippen molar-refractivity contribution in [3.63, 3.8) is 0 Å². The fourth-order valence-electron chi connectivity index (χ4n) is 1.36. The van der Waals surface area contributed by atoms with Crippen LogP contribution in [0.5, 0.6) is 0 Å². The molecule has 0 aromatic heterocycles. The average molecular weight is 255 g/mol. The Kier molecular flexibility index (Phi) is 7.88. The minimum absolute atomic E-state index is 0.670. The van der Waals surface area contributed by atoms with E-state index in [1.54, 1.807) is 18.9 Å². The third-order valence-electron chi connectivity index (χ3n) is 2.32. The molecule has 1 aromatic rings. The zero-order valence-corrected chi connectivity index (χ0v) is 11.4. The van der Waals surface area contributed by atoms with Gasteiger partial charge in [-0.05, 0) is 36.9 Å². The quantitative estimate of drug-likeness (QED) is 0.543. The summed E-state index contributed by atoms with van der Waals surface area (Å²) in [4.78, 5) is 1.29. The van der Waals surface area contributed by atoms with Crippen LogP contribution in [0.2, 0.25) is 0 Å². The summed E-state index contributed by atoms with van der Waals surface area (Å²) in [5, 5.41) is 3.37. The van der Waals surface area contributed by atoms with E-state index in [4.69, 9.17) is 9.47 Å². The lowest BCUT2D eigenvalue weighted by Gasteiger charge is -2.07. The molecule has 0 fully saturated rings. The normalized spacial score (nSPS) is 10.5. The highest BCUT2D eigenvalue weighted by Crippen LogP contribution is 2.17. The fraction of sp³-hybridized carbons (Fsp3) is 0.538. The second-order valence-corrected chi connectivity index (χ2v) is 4.49. The summed E-state index contributed by atoms with van der Waals surface area (Å²) in [6.45, 7) is 3.06. The Balaban J connectivity index is 2.05. The second-order valence-electron chi connectivity index (χ2n) is 3.61. The monoisotopic (exact) mass is 255 g/mol. The standard InChI is InChI=1S/C13H21NO2S/c1-15-10-11-16-9-3-8-14-12-4-6-13(17-2)7-5-12/h4-7,14H,3,8-11H2,1-2H3. The molecule has 1 rings (SSSR count). The van der Waals surface area contributed by atoms with Crippen LogP contribution in [-0.2, 0) is 9.47 Å². The predicted molar refractivity (Wildman–Crippen MR) is 74.0 cm³/mol. The van der Waals surface area contributed by atoms with Gasteiger partial charge in [-0.15, -0.1) is 11.8 Å². The Morgan fingerprint density at radius 3 is 2.53 bits per heavy atom. The molecule has 96 valence electrons. The molecule has 0 amide bonds. The van der Waals surface area contributed by atoms with Gasteiger partial charge in [0.2, 0.25) is 0 Å². The summed E-state index contributed by atoms with van der Waals surface area (Å²) in [5.41, 5.74) is 1.17. The van der Waals surface area contributed by atoms with Crippen molar-refractivity contribution in [2.24, 2.45) is 0 Å². The fourth-order valence-corrected chi connectivity index (χ4v) is 1.77. The minimum Gasteiger partial charge on any atom is -0.385 e. The van der Waals surface area contributed by atoms with Crippen LogP contribution in [0.4, 0.5) is 5.69 Å². The number of thioether (sulfide) groups is 1. The van der Waals surface area contributed by atoms with Crippen molar-refractivity contribution in [2.75, 3.05) is 45.0 Å². The molecule has 0 aliphatic rings. The van der Waals surface area contributed by atoms with E-state index in [0.717, 1.165) is 19.6 Å². The Labute approximate surface area is 108 Å². The van der Waals surface area contributed by atoms with E-state index in [-0.39, 0.29) is 0 Å². The predicted octanol–water partition coefficient (Wildman–Crippen LogP) is 2.87. The van der Waals surface area contributed by atoms with Crippen LogP contribution in [-0.4, -0.2) is 39.7 Å². The Hall–Kier alpha value is -0.710. The van der Waals surface area contributed by atoms with Gasteiger partial charge in [0.25, 0.3) is 0 Å². The molecule has 0 heterocycles. The molecular formula is C13H21NO2S. The van der Waals surface area contributed by atoms with Gasteiger partial charge in [0.15, 0.2) is 0 Å². The SMILES string of the molecule is COCCOCCCNc1ccc(SC)cc1. The van der Waals surface area contributed by atoms with Crippen molar-refractivity contribution in [1.29, 1.82) is 0 Å². The molecule has 3 nitrogen and oxygen atoms in total. The first-order chi connectivity index (χ1) is 8.36. The second kappa shape index (κ2) is 9.33. The lowest BCUT2D eigenvalue weighted by Crippen LogP contribution is -2.08. The molecule has 1 aromatic carbocycles. The average Bonchev–Trinajstić information content (AvgIpc) is 2.38. The van der Waals surface area contributed by atoms with Crippen molar-refractivity contribution in [2.45, 2.75) is 11.3 Å². The van der Waals surface area contributed by atoms with Crippen molar-refractivity contribution in [3.8, 4) is 0 Å². The topological polar surface area (TPSA) is 30.5 Å². The number of hydrogen-bond donors (Lipinski definition) is 1. The lowest BCUT2D eigenvalue weighted by atomic mass is 10.3. The highest BCUT2D eigenvalue weighted by molar-refractivity contribution is 7.98. The van der Waals surface area contributed by atoms with Gasteiger partial charge in [-0.3, -0.25) is 0 Å². The van der Waals surface area contributed by atoms with E-state index in [2.05, 4.69) is 35.8 Å². The van der Waals surface area contributed by atoms with Crippen LogP contribution in [0.15, 0.2) is 29.2 Å². The van der Waals surface area contributed by atoms with Crippen molar-refractivity contribution in [3.05, 3.63) is 24.3 Å². The molecule has 0 unspecified atom stereocenters. The molecule has 0 bridgehead atoms. The molecule has 1 N–H and O–H groups in total. The minimum atomic E-state index is 0.670. The Morgan fingerprint density at radius 1 is 1.12 bits per heavy atom. The highest BCUT2D eigenvalue weighted by atomic mass is 32.2. The van der Waals surface area contributed by atoms with E-state index < -0.39 is 0 Å². The number of methoxy groups -OCH3 is 1. The van der Waals surface area contributed by atoms with Gasteiger partial charge in [0.05, 0.1) is 13.2 Å². The Morgan fingerprint density at radius 2 is 1.88 bits per heavy atom. The highest BCUT2D eigenvalue weighted by Gasteiger charge is 1.93. The number of anilines is 1. The first-order valence-electron chi connectivity index (χ1n) is 5.81. The smallest absolute Gasteiger partial charge is 0.0700 e. The molecular weight excluding hydrogens is 234 g/mol. The third kappa shape index (κ3) is 6.56. The van der Waals surface area contributed by atoms with Crippen LogP contribution in [0.25, 0.3) is 0 Å². The van der Waals surface area contributed by atoms with E-state index in [9.17, 15) is 0 Å². The van der Waals surface area contributed by atoms with Gasteiger partial charge in [-0.25, -0.2) is 0 Å². The van der Waals surface area contributed by atoms with Crippen molar-refractivity contribution < 1.29 is 9.47 Å². The summed E-state index contributed by atoms with van der Waals surface area (Å²) in [6.07, 6.45) is 3.09. The van der Waals surface area contributed by atoms with Crippen molar-refractivity contribution >= 4 is 17.4 Å². The summed E-state index contributed by atoms with van der Waals surface area (Å²) in [6, 6.07) is 8.47. The van der Waals surface area contributed by atoms with Crippen LogP contribution < -0.4 is 5.32 Å². The van der Waals surface area contributed by atoms with Gasteiger partial charge in [0, 0.05) is 30.8 Å². The zero-order chi connectivity index (χ0) is 12.3. The number of rotatable bonds is 9. The summed E-state index contributed by atoms with van der Waals surface area (Å²) >= 11 is 1.76. The third-order valence-corrected chi connectivity index (χ3v) is 3.06. The van der Waals surface area contributed by atoms with Gasteiger partial charge in [0.1, 0.15) is 0 Å². The van der Waals surface area contributed by atoms with Crippen LogP contribution in [0.1, 0.15) is 6.42 Å². The molecule has 0 spiro atoms. The molecule has 0 saturated carbocycles. The number of hydrogen-bond acceptors (Lipinski definition) is 4. The van der Waals surface area contributed by atoms with Gasteiger partial charge >= 0.3 is 0 Å². The first kappa shape index (κ1) is 14.4. The molecule has 0 saturated heterocycles.